The molecule has 2 aromatic carbocycles. The first kappa shape index (κ1) is 19.1. The second-order valence-corrected chi connectivity index (χ2v) is 7.58. The van der Waals surface area contributed by atoms with Crippen LogP contribution in [0.4, 0.5) is 14.5 Å². The molecular formula is C20H16F2N4O2S. The number of nitrogens with one attached hydrogen (secondary N) is 1. The number of carbonyl (C=O) groups is 2. The van der Waals surface area contributed by atoms with Crippen LogP contribution in [0.3, 0.4) is 0 Å². The van der Waals surface area contributed by atoms with Gasteiger partial charge in [0.05, 0.1) is 6.04 Å². The van der Waals surface area contributed by atoms with Crippen molar-refractivity contribution in [3.63, 3.8) is 0 Å². The van der Waals surface area contributed by atoms with Gasteiger partial charge in [-0.1, -0.05) is 17.4 Å². The van der Waals surface area contributed by atoms with E-state index < -0.39 is 17.5 Å². The zero-order valence-corrected chi connectivity index (χ0v) is 16.0. The summed E-state index contributed by atoms with van der Waals surface area (Å²) in [5.74, 6) is -1.57. The van der Waals surface area contributed by atoms with E-state index in [0.717, 1.165) is 17.8 Å². The van der Waals surface area contributed by atoms with E-state index in [4.69, 9.17) is 0 Å². The summed E-state index contributed by atoms with van der Waals surface area (Å²) < 4.78 is 26.4. The quantitative estimate of drug-likeness (QED) is 0.699. The summed E-state index contributed by atoms with van der Waals surface area (Å²) in [7, 11) is 0. The highest BCUT2D eigenvalue weighted by molar-refractivity contribution is 7.13. The van der Waals surface area contributed by atoms with E-state index in [-0.39, 0.29) is 17.0 Å². The number of hydrogen-bond acceptors (Lipinski definition) is 5. The molecule has 4 rings (SSSR count). The normalized spacial score (nSPS) is 16.1. The van der Waals surface area contributed by atoms with Crippen LogP contribution in [0.5, 0.6) is 0 Å². The fourth-order valence-corrected chi connectivity index (χ4v) is 4.12. The summed E-state index contributed by atoms with van der Waals surface area (Å²) in [4.78, 5) is 26.9. The van der Waals surface area contributed by atoms with Crippen LogP contribution < -0.4 is 5.32 Å². The Hall–Kier alpha value is -3.20. The largest absolute Gasteiger partial charge is 0.329 e. The molecule has 0 bridgehead atoms. The van der Waals surface area contributed by atoms with Gasteiger partial charge in [0.2, 0.25) is 5.01 Å². The van der Waals surface area contributed by atoms with E-state index in [1.807, 2.05) is 0 Å². The number of anilines is 1. The molecule has 0 saturated carbocycles. The summed E-state index contributed by atoms with van der Waals surface area (Å²) in [5, 5.41) is 11.3. The number of halogens is 2. The number of carbonyl (C=O) groups excluding carboxylic acids is 2. The monoisotopic (exact) mass is 414 g/mol. The highest BCUT2D eigenvalue weighted by atomic mass is 32.1. The van der Waals surface area contributed by atoms with Crippen LogP contribution in [0.25, 0.3) is 0 Å². The molecule has 1 atom stereocenters. The zero-order chi connectivity index (χ0) is 20.4. The predicted molar refractivity (Wildman–Crippen MR) is 104 cm³/mol. The zero-order valence-electron chi connectivity index (χ0n) is 15.1. The lowest BCUT2D eigenvalue weighted by molar-refractivity contribution is 0.0735. The lowest BCUT2D eigenvalue weighted by Gasteiger charge is -2.22. The number of aromatic nitrogens is 2. The number of rotatable bonds is 4. The minimum atomic E-state index is -0.492. The molecule has 2 heterocycles. The molecule has 148 valence electrons. The SMILES string of the molecule is O=C(Nc1cccc(F)c1)c1nnc(C2CCCN2C(=O)c2ccc(F)cc2)s1. The molecule has 2 amide bonds. The van der Waals surface area contributed by atoms with Crippen molar-refractivity contribution >= 4 is 28.8 Å². The van der Waals surface area contributed by atoms with Gasteiger partial charge in [0, 0.05) is 17.8 Å². The van der Waals surface area contributed by atoms with Gasteiger partial charge >= 0.3 is 0 Å². The molecule has 0 radical (unpaired) electrons. The Morgan fingerprint density at radius 2 is 1.86 bits per heavy atom. The Morgan fingerprint density at radius 1 is 1.07 bits per heavy atom. The molecule has 1 fully saturated rings. The number of nitrogens with zero attached hydrogens (tertiary/aromatic N) is 3. The van der Waals surface area contributed by atoms with E-state index in [0.29, 0.717) is 29.2 Å². The molecule has 29 heavy (non-hydrogen) atoms. The average Bonchev–Trinajstić information content (AvgIpc) is 3.37. The fraction of sp³-hybridized carbons (Fsp3) is 0.200. The Bertz CT molecular complexity index is 1050. The topological polar surface area (TPSA) is 75.2 Å². The molecule has 0 spiro atoms. The van der Waals surface area contributed by atoms with Gasteiger partial charge in [-0.15, -0.1) is 10.2 Å². The molecule has 1 saturated heterocycles. The van der Waals surface area contributed by atoms with E-state index in [1.54, 1.807) is 11.0 Å². The van der Waals surface area contributed by atoms with Crippen LogP contribution in [-0.2, 0) is 0 Å². The van der Waals surface area contributed by atoms with Crippen LogP contribution in [0, 0.1) is 11.6 Å². The third-order valence-corrected chi connectivity index (χ3v) is 5.63. The number of likely N-dealkylation sites (tertiary alicyclic amines) is 1. The van der Waals surface area contributed by atoms with Gasteiger partial charge in [0.15, 0.2) is 0 Å². The minimum absolute atomic E-state index is 0.130. The van der Waals surface area contributed by atoms with Crippen LogP contribution in [0.1, 0.15) is 44.1 Å². The minimum Gasteiger partial charge on any atom is -0.329 e. The van der Waals surface area contributed by atoms with E-state index in [9.17, 15) is 18.4 Å². The van der Waals surface area contributed by atoms with Crippen LogP contribution >= 0.6 is 11.3 Å². The summed E-state index contributed by atoms with van der Waals surface area (Å²) in [6.45, 7) is 0.547. The van der Waals surface area contributed by atoms with Crippen molar-refractivity contribution in [2.75, 3.05) is 11.9 Å². The molecule has 9 heteroatoms. The first-order valence-electron chi connectivity index (χ1n) is 8.98. The first-order chi connectivity index (χ1) is 14.0. The highest BCUT2D eigenvalue weighted by Gasteiger charge is 2.33. The van der Waals surface area contributed by atoms with Gasteiger partial charge in [-0.3, -0.25) is 9.59 Å². The van der Waals surface area contributed by atoms with Gasteiger partial charge in [0.25, 0.3) is 11.8 Å². The Morgan fingerprint density at radius 3 is 2.62 bits per heavy atom. The Labute approximate surface area is 169 Å². The van der Waals surface area contributed by atoms with Crippen molar-refractivity contribution < 1.29 is 18.4 Å². The molecular weight excluding hydrogens is 398 g/mol. The smallest absolute Gasteiger partial charge is 0.286 e. The van der Waals surface area contributed by atoms with Gasteiger partial charge < -0.3 is 10.2 Å². The lowest BCUT2D eigenvalue weighted by Crippen LogP contribution is -2.30. The third kappa shape index (κ3) is 4.14. The fourth-order valence-electron chi connectivity index (χ4n) is 3.24. The van der Waals surface area contributed by atoms with E-state index >= 15 is 0 Å². The first-order valence-corrected chi connectivity index (χ1v) is 9.80. The molecule has 1 aliphatic rings. The van der Waals surface area contributed by atoms with Gasteiger partial charge in [-0.2, -0.15) is 0 Å². The Kier molecular flexibility index (Phi) is 5.30. The summed E-state index contributed by atoms with van der Waals surface area (Å²) in [5.41, 5.74) is 0.715. The van der Waals surface area contributed by atoms with Crippen molar-refractivity contribution in [1.29, 1.82) is 0 Å². The van der Waals surface area contributed by atoms with Gasteiger partial charge in [0.1, 0.15) is 16.6 Å². The average molecular weight is 414 g/mol. The molecule has 1 aromatic heterocycles. The second kappa shape index (κ2) is 8.04. The second-order valence-electron chi connectivity index (χ2n) is 6.57. The van der Waals surface area contributed by atoms with Crippen molar-refractivity contribution in [3.8, 4) is 0 Å². The third-order valence-electron chi connectivity index (χ3n) is 4.61. The maximum atomic E-state index is 13.3. The number of hydrogen-bond donors (Lipinski definition) is 1. The van der Waals surface area contributed by atoms with Crippen LogP contribution in [-0.4, -0.2) is 33.5 Å². The van der Waals surface area contributed by atoms with Gasteiger partial charge in [-0.25, -0.2) is 8.78 Å². The number of amides is 2. The van der Waals surface area contributed by atoms with Crippen molar-refractivity contribution in [3.05, 3.63) is 75.7 Å². The maximum absolute atomic E-state index is 13.3. The molecule has 1 N–H and O–H groups in total. The summed E-state index contributed by atoms with van der Waals surface area (Å²) in [6, 6.07) is 10.7. The standard InChI is InChI=1S/C20H16F2N4O2S/c21-13-8-6-12(7-9-13)20(28)26-10-2-5-16(26)18-24-25-19(29-18)17(27)23-15-4-1-3-14(22)11-15/h1,3-4,6-9,11,16H,2,5,10H2,(H,23,27). The van der Waals surface area contributed by atoms with Gasteiger partial charge in [-0.05, 0) is 55.3 Å². The van der Waals surface area contributed by atoms with Crippen molar-refractivity contribution in [2.24, 2.45) is 0 Å². The lowest BCUT2D eigenvalue weighted by atomic mass is 10.1. The molecule has 3 aromatic rings. The predicted octanol–water partition coefficient (Wildman–Crippen LogP) is 4.05. The van der Waals surface area contributed by atoms with E-state index in [2.05, 4.69) is 15.5 Å². The molecule has 1 aliphatic heterocycles. The summed E-state index contributed by atoms with van der Waals surface area (Å²) >= 11 is 1.10. The number of benzene rings is 2. The van der Waals surface area contributed by atoms with E-state index in [1.165, 1.54) is 42.5 Å². The van der Waals surface area contributed by atoms with Crippen LogP contribution in [0.15, 0.2) is 48.5 Å². The molecule has 6 nitrogen and oxygen atoms in total. The maximum Gasteiger partial charge on any atom is 0.286 e. The van der Waals surface area contributed by atoms with Crippen molar-refractivity contribution in [1.82, 2.24) is 15.1 Å². The highest BCUT2D eigenvalue weighted by Crippen LogP contribution is 2.34. The molecule has 1 unspecified atom stereocenters. The van der Waals surface area contributed by atoms with Crippen molar-refractivity contribution in [2.45, 2.75) is 18.9 Å². The summed E-state index contributed by atoms with van der Waals surface area (Å²) in [6.07, 6.45) is 1.50. The van der Waals surface area contributed by atoms with Crippen LogP contribution in [0.2, 0.25) is 0 Å². The molecule has 0 aliphatic carbocycles. The Balaban J connectivity index is 1.49.